The molecule has 0 spiro atoms. The molecule has 0 bridgehead atoms. The summed E-state index contributed by atoms with van der Waals surface area (Å²) in [5.74, 6) is 0.837. The van der Waals surface area contributed by atoms with Gasteiger partial charge >= 0.3 is 5.69 Å². The van der Waals surface area contributed by atoms with Gasteiger partial charge in [-0.05, 0) is 48.2 Å². The van der Waals surface area contributed by atoms with Crippen molar-refractivity contribution in [1.82, 2.24) is 24.0 Å². The Balaban J connectivity index is 1.60. The molecule has 9 heteroatoms. The van der Waals surface area contributed by atoms with E-state index in [1.165, 1.54) is 15.3 Å². The highest BCUT2D eigenvalue weighted by Crippen LogP contribution is 2.40. The van der Waals surface area contributed by atoms with Crippen LogP contribution in [0.4, 0.5) is 0 Å². The summed E-state index contributed by atoms with van der Waals surface area (Å²) in [4.78, 5) is 37.9. The van der Waals surface area contributed by atoms with Crippen molar-refractivity contribution in [2.75, 3.05) is 6.54 Å². The Morgan fingerprint density at radius 3 is 2.78 bits per heavy atom. The molecule has 1 aliphatic rings. The van der Waals surface area contributed by atoms with Gasteiger partial charge < -0.3 is 4.57 Å². The largest absolute Gasteiger partial charge is 0.330 e. The van der Waals surface area contributed by atoms with Crippen molar-refractivity contribution in [3.05, 3.63) is 70.9 Å². The molecular weight excluding hydrogens is 442 g/mol. The van der Waals surface area contributed by atoms with Crippen LogP contribution in [0.3, 0.4) is 0 Å². The molecule has 1 atom stereocenters. The monoisotopic (exact) mass is 469 g/mol. The van der Waals surface area contributed by atoms with E-state index in [0.29, 0.717) is 30.8 Å². The maximum Gasteiger partial charge on any atom is 0.330 e. The first-order valence-corrected chi connectivity index (χ1v) is 12.9. The van der Waals surface area contributed by atoms with Crippen molar-refractivity contribution in [3.8, 4) is 0 Å². The van der Waals surface area contributed by atoms with E-state index in [9.17, 15) is 9.59 Å². The predicted molar refractivity (Wildman–Crippen MR) is 130 cm³/mol. The summed E-state index contributed by atoms with van der Waals surface area (Å²) in [6.07, 6.45) is 2.85. The molecule has 1 aliphatic heterocycles. The lowest BCUT2D eigenvalue weighted by atomic mass is 9.98. The second kappa shape index (κ2) is 8.80. The molecule has 0 aromatic carbocycles. The maximum absolute atomic E-state index is 12.8. The third-order valence-corrected chi connectivity index (χ3v) is 8.16. The number of imidazole rings is 1. The third kappa shape index (κ3) is 3.58. The minimum atomic E-state index is -0.374. The van der Waals surface area contributed by atoms with Gasteiger partial charge in [-0.2, -0.15) is 0 Å². The molecule has 168 valence electrons. The summed E-state index contributed by atoms with van der Waals surface area (Å²) >= 11 is 3.61. The number of thiophene rings is 2. The Labute approximate surface area is 194 Å². The Morgan fingerprint density at radius 2 is 2.03 bits per heavy atom. The van der Waals surface area contributed by atoms with E-state index >= 15 is 0 Å². The summed E-state index contributed by atoms with van der Waals surface area (Å²) in [6, 6.07) is 6.74. The van der Waals surface area contributed by atoms with Crippen molar-refractivity contribution < 1.29 is 0 Å². The number of hydrogen-bond donors (Lipinski definition) is 1. The number of aromatic amines is 1. The lowest BCUT2D eigenvalue weighted by Gasteiger charge is -2.35. The summed E-state index contributed by atoms with van der Waals surface area (Å²) < 4.78 is 3.60. The molecule has 5 heterocycles. The molecule has 0 radical (unpaired) electrons. The van der Waals surface area contributed by atoms with E-state index in [0.717, 1.165) is 31.6 Å². The van der Waals surface area contributed by atoms with Gasteiger partial charge in [-0.15, -0.1) is 22.7 Å². The van der Waals surface area contributed by atoms with Crippen molar-refractivity contribution in [2.45, 2.75) is 58.8 Å². The van der Waals surface area contributed by atoms with Crippen LogP contribution in [0.25, 0.3) is 11.2 Å². The Morgan fingerprint density at radius 1 is 1.16 bits per heavy atom. The van der Waals surface area contributed by atoms with E-state index < -0.39 is 0 Å². The molecule has 0 amide bonds. The number of rotatable bonds is 7. The van der Waals surface area contributed by atoms with Crippen molar-refractivity contribution in [2.24, 2.45) is 0 Å². The second-order valence-electron chi connectivity index (χ2n) is 8.15. The van der Waals surface area contributed by atoms with Gasteiger partial charge in [0.25, 0.3) is 5.56 Å². The zero-order chi connectivity index (χ0) is 22.2. The molecule has 5 rings (SSSR count). The quantitative estimate of drug-likeness (QED) is 0.444. The first-order valence-electron chi connectivity index (χ1n) is 11.2. The van der Waals surface area contributed by atoms with Crippen LogP contribution in [-0.2, 0) is 26.1 Å². The van der Waals surface area contributed by atoms with Crippen LogP contribution < -0.4 is 11.2 Å². The lowest BCUT2D eigenvalue weighted by molar-refractivity contribution is 0.201. The average molecular weight is 470 g/mol. The van der Waals surface area contributed by atoms with Crippen LogP contribution in [-0.4, -0.2) is 30.5 Å². The maximum atomic E-state index is 12.8. The molecule has 0 aliphatic carbocycles. The van der Waals surface area contributed by atoms with Gasteiger partial charge in [-0.1, -0.05) is 19.4 Å². The van der Waals surface area contributed by atoms with Crippen LogP contribution in [0.5, 0.6) is 0 Å². The number of aromatic nitrogens is 4. The molecule has 7 nitrogen and oxygen atoms in total. The molecule has 32 heavy (non-hydrogen) atoms. The van der Waals surface area contributed by atoms with Crippen LogP contribution in [0.1, 0.15) is 53.9 Å². The van der Waals surface area contributed by atoms with Crippen molar-refractivity contribution >= 4 is 33.8 Å². The number of nitrogens with zero attached hydrogens (tertiary/aromatic N) is 4. The van der Waals surface area contributed by atoms with Gasteiger partial charge in [0.05, 0.1) is 12.6 Å². The van der Waals surface area contributed by atoms with Crippen LogP contribution in [0.15, 0.2) is 38.5 Å². The van der Waals surface area contributed by atoms with Gasteiger partial charge in [0.2, 0.25) is 0 Å². The van der Waals surface area contributed by atoms with Gasteiger partial charge in [0.1, 0.15) is 5.82 Å². The van der Waals surface area contributed by atoms with E-state index in [1.807, 2.05) is 22.8 Å². The predicted octanol–water partition coefficient (Wildman–Crippen LogP) is 3.98. The fourth-order valence-electron chi connectivity index (χ4n) is 4.70. The van der Waals surface area contributed by atoms with E-state index in [2.05, 4.69) is 45.8 Å². The summed E-state index contributed by atoms with van der Waals surface area (Å²) in [7, 11) is 0. The normalized spacial score (nSPS) is 16.6. The molecule has 4 aromatic rings. The molecule has 0 saturated carbocycles. The van der Waals surface area contributed by atoms with Crippen LogP contribution in [0.2, 0.25) is 0 Å². The van der Waals surface area contributed by atoms with E-state index in [1.54, 1.807) is 15.9 Å². The zero-order valence-corrected chi connectivity index (χ0v) is 20.0. The van der Waals surface area contributed by atoms with Crippen molar-refractivity contribution in [1.29, 1.82) is 0 Å². The highest BCUT2D eigenvalue weighted by molar-refractivity contribution is 7.10. The van der Waals surface area contributed by atoms with E-state index in [-0.39, 0.29) is 17.3 Å². The number of unbranched alkanes of at least 4 members (excludes halogenated alkanes) is 1. The first kappa shape index (κ1) is 21.4. The Kier molecular flexibility index (Phi) is 5.88. The van der Waals surface area contributed by atoms with Crippen LogP contribution in [0, 0.1) is 0 Å². The Hall–Kier alpha value is -2.49. The van der Waals surface area contributed by atoms with Gasteiger partial charge in [0, 0.05) is 29.4 Å². The molecule has 1 N–H and O–H groups in total. The number of aryl methyl sites for hydroxylation is 2. The van der Waals surface area contributed by atoms with Crippen molar-refractivity contribution in [3.63, 3.8) is 0 Å². The molecule has 0 unspecified atom stereocenters. The number of nitrogens with one attached hydrogen (secondary N) is 1. The SMILES string of the molecule is CCCCn1c(=O)[nH]c(=O)c2c1nc(CN1CCc3sccc3[C@@H]1c1cccs1)n2CC. The number of hydrogen-bond acceptors (Lipinski definition) is 6. The van der Waals surface area contributed by atoms with E-state index in [4.69, 9.17) is 4.98 Å². The standard InChI is InChI=1S/C23H27N5O2S2/c1-3-5-10-28-21-20(22(29)25-23(28)30)27(4-2)18(24-21)14-26-11-8-16-15(9-13-32-16)19(26)17-7-6-12-31-17/h6-7,9,12-13,19H,3-5,8,10-11,14H2,1-2H3,(H,25,29,30)/t19-/m1/s1. The zero-order valence-electron chi connectivity index (χ0n) is 18.3. The minimum absolute atomic E-state index is 0.190. The highest BCUT2D eigenvalue weighted by atomic mass is 32.1. The van der Waals surface area contributed by atoms with Gasteiger partial charge in [-0.3, -0.25) is 19.2 Å². The Bertz CT molecular complexity index is 1350. The summed E-state index contributed by atoms with van der Waals surface area (Å²) in [6.45, 7) is 6.85. The van der Waals surface area contributed by atoms with Gasteiger partial charge in [0.15, 0.2) is 11.2 Å². The lowest BCUT2D eigenvalue weighted by Crippen LogP contribution is -2.35. The van der Waals surface area contributed by atoms with Crippen LogP contribution >= 0.6 is 22.7 Å². The number of fused-ring (bicyclic) bond motifs is 2. The summed E-state index contributed by atoms with van der Waals surface area (Å²) in [5.41, 5.74) is 1.65. The highest BCUT2D eigenvalue weighted by Gasteiger charge is 2.31. The molecule has 0 fully saturated rings. The fourth-order valence-corrected chi connectivity index (χ4v) is 6.48. The summed E-state index contributed by atoms with van der Waals surface area (Å²) in [5, 5.41) is 4.31. The average Bonchev–Trinajstić information content (AvgIpc) is 3.53. The number of H-pyrrole nitrogens is 1. The third-order valence-electron chi connectivity index (χ3n) is 6.24. The fraction of sp³-hybridized carbons (Fsp3) is 0.435. The molecule has 0 saturated heterocycles. The molecular formula is C23H27N5O2S2. The molecule has 4 aromatic heterocycles. The van der Waals surface area contributed by atoms with Gasteiger partial charge in [-0.25, -0.2) is 9.78 Å². The first-order chi connectivity index (χ1) is 15.6. The second-order valence-corrected chi connectivity index (χ2v) is 10.1. The smallest absolute Gasteiger partial charge is 0.321 e. The topological polar surface area (TPSA) is 75.9 Å². The minimum Gasteiger partial charge on any atom is -0.321 e.